The summed E-state index contributed by atoms with van der Waals surface area (Å²) in [6.07, 6.45) is 6.03. The highest BCUT2D eigenvalue weighted by Crippen LogP contribution is 2.36. The van der Waals surface area contributed by atoms with Crippen LogP contribution >= 0.6 is 23.2 Å². The summed E-state index contributed by atoms with van der Waals surface area (Å²) in [6.45, 7) is -2.84. The van der Waals surface area contributed by atoms with Crippen LogP contribution in [0.25, 0.3) is 28.1 Å². The molecule has 2 atom stereocenters. The molecular weight excluding hydrogens is 592 g/mol. The van der Waals surface area contributed by atoms with Crippen LogP contribution in [0.3, 0.4) is 0 Å². The summed E-state index contributed by atoms with van der Waals surface area (Å²) in [6, 6.07) is 15.8. The molecule has 0 saturated heterocycles. The lowest BCUT2D eigenvalue weighted by atomic mass is 9.98. The first kappa shape index (κ1) is 27.6. The summed E-state index contributed by atoms with van der Waals surface area (Å²) in [7, 11) is 0. The largest absolute Gasteiger partial charge is 0.386 e. The van der Waals surface area contributed by atoms with Crippen molar-refractivity contribution in [2.75, 3.05) is 0 Å². The quantitative estimate of drug-likeness (QED) is 0.206. The molecule has 6 aromatic rings. The van der Waals surface area contributed by atoms with E-state index in [1.165, 1.54) is 52.5 Å². The van der Waals surface area contributed by atoms with Gasteiger partial charge in [-0.25, -0.2) is 9.07 Å². The maximum Gasteiger partial charge on any atom is 0.333 e. The Morgan fingerprint density at radius 1 is 0.929 bits per heavy atom. The normalized spacial score (nSPS) is 13.0. The van der Waals surface area contributed by atoms with E-state index in [9.17, 15) is 13.9 Å². The summed E-state index contributed by atoms with van der Waals surface area (Å²) >= 11 is 12.1. The van der Waals surface area contributed by atoms with Gasteiger partial charge in [0.2, 0.25) is 0 Å². The Morgan fingerprint density at radius 3 is 2.43 bits per heavy atom. The summed E-state index contributed by atoms with van der Waals surface area (Å²) in [5, 5.41) is 26.2. The Bertz CT molecular complexity index is 1840. The van der Waals surface area contributed by atoms with Crippen molar-refractivity contribution < 1.29 is 23.0 Å². The molecule has 4 heterocycles. The molecule has 0 aliphatic heterocycles. The number of nitrogens with zero attached hydrogens (tertiary/aromatic N) is 7. The average molecular weight is 612 g/mol. The second-order valence-electron chi connectivity index (χ2n) is 9.21. The van der Waals surface area contributed by atoms with Crippen LogP contribution in [0, 0.1) is 5.82 Å². The molecule has 9 nitrogen and oxygen atoms in total. The monoisotopic (exact) mass is 611 g/mol. The highest BCUT2D eigenvalue weighted by Gasteiger charge is 2.29. The Labute approximate surface area is 246 Å². The molecule has 0 aliphatic carbocycles. The molecule has 4 aromatic heterocycles. The summed E-state index contributed by atoms with van der Waals surface area (Å²) in [5.74, 6) is -0.671. The van der Waals surface area contributed by atoms with E-state index in [4.69, 9.17) is 23.2 Å². The predicted molar refractivity (Wildman–Crippen MR) is 148 cm³/mol. The predicted octanol–water partition coefficient (Wildman–Crippen LogP) is 5.97. The molecule has 0 aliphatic rings. The van der Waals surface area contributed by atoms with Crippen molar-refractivity contribution in [2.45, 2.75) is 18.7 Å². The number of rotatable bonds is 8. The van der Waals surface area contributed by atoms with Gasteiger partial charge in [-0.1, -0.05) is 53.2 Å². The highest BCUT2D eigenvalue weighted by molar-refractivity contribution is 6.31. The Hall–Kier alpha value is -4.52. The zero-order valence-electron chi connectivity index (χ0n) is 21.4. The topological polar surface area (TPSA) is 101 Å². The van der Waals surface area contributed by atoms with Crippen molar-refractivity contribution in [1.29, 1.82) is 0 Å². The molecule has 0 spiro atoms. The van der Waals surface area contributed by atoms with Gasteiger partial charge in [0.25, 0.3) is 0 Å². The van der Waals surface area contributed by atoms with Crippen molar-refractivity contribution in [2.24, 2.45) is 0 Å². The lowest BCUT2D eigenvalue weighted by Crippen LogP contribution is -2.33. The van der Waals surface area contributed by atoms with Crippen LogP contribution in [0.15, 0.2) is 91.6 Å². The summed E-state index contributed by atoms with van der Waals surface area (Å²) in [4.78, 5) is 4.58. The second-order valence-corrected chi connectivity index (χ2v) is 10.0. The molecule has 2 aromatic carbocycles. The number of hydrogen-bond acceptors (Lipinski definition) is 5. The number of nitrogens with one attached hydrogen (secondary N) is 1. The lowest BCUT2D eigenvalue weighted by molar-refractivity contribution is -0.659. The first-order valence-electron chi connectivity index (χ1n) is 12.5. The van der Waals surface area contributed by atoms with Crippen LogP contribution in [0.4, 0.5) is 13.2 Å². The third-order valence-electron chi connectivity index (χ3n) is 6.69. The van der Waals surface area contributed by atoms with Crippen molar-refractivity contribution in [1.82, 2.24) is 34.9 Å². The standard InChI is InChI=1S/C28H19Cl2F3N8O/c29-19-7-9-22(39-15-23(30)37-38-39)24(25(19)31)17-6-8-20(34-12-17)26(27(42)16-4-2-1-3-5-16)40-14-18(13-36-40)21-10-11-35-41(21)28(32)33/h1-15,26-28,42H/p+1/t26-,27+/m0/s1. The summed E-state index contributed by atoms with van der Waals surface area (Å²) in [5.41, 5.74) is 2.42. The molecule has 0 radical (unpaired) electrons. The number of aliphatic hydroxyl groups is 1. The fourth-order valence-corrected chi connectivity index (χ4v) is 5.02. The van der Waals surface area contributed by atoms with Gasteiger partial charge in [-0.2, -0.15) is 19.0 Å². The van der Waals surface area contributed by atoms with Crippen LogP contribution in [-0.4, -0.2) is 40.0 Å². The van der Waals surface area contributed by atoms with Gasteiger partial charge in [-0.3, -0.25) is 9.67 Å². The molecule has 0 amide bonds. The summed E-state index contributed by atoms with van der Waals surface area (Å²) < 4.78 is 45.8. The van der Waals surface area contributed by atoms with E-state index in [0.717, 1.165) is 0 Å². The fraction of sp³-hybridized carbons (Fsp3) is 0.107. The lowest BCUT2D eigenvalue weighted by Gasteiger charge is -2.24. The van der Waals surface area contributed by atoms with Crippen LogP contribution in [0.1, 0.15) is 30.0 Å². The smallest absolute Gasteiger partial charge is 0.333 e. The van der Waals surface area contributed by atoms with Gasteiger partial charge in [-0.05, 0) is 41.4 Å². The average Bonchev–Trinajstić information content (AvgIpc) is 3.77. The molecule has 2 N–H and O–H groups in total. The minimum atomic E-state index is -2.84. The minimum Gasteiger partial charge on any atom is -0.386 e. The van der Waals surface area contributed by atoms with Crippen LogP contribution in [0.5, 0.6) is 0 Å². The van der Waals surface area contributed by atoms with Gasteiger partial charge in [0.1, 0.15) is 12.1 Å². The number of H-pyrrole nitrogens is 1. The fourth-order valence-electron chi connectivity index (χ4n) is 4.73. The molecule has 0 bridgehead atoms. The van der Waals surface area contributed by atoms with Crippen LogP contribution in [-0.2, 0) is 0 Å². The first-order valence-corrected chi connectivity index (χ1v) is 13.2. The van der Waals surface area contributed by atoms with Gasteiger partial charge < -0.3 is 5.11 Å². The number of benzene rings is 2. The number of aromatic nitrogens is 8. The van der Waals surface area contributed by atoms with Crippen molar-refractivity contribution in [3.8, 4) is 28.1 Å². The van der Waals surface area contributed by atoms with Crippen molar-refractivity contribution >= 4 is 23.2 Å². The Balaban J connectivity index is 1.43. The Morgan fingerprint density at radius 2 is 1.74 bits per heavy atom. The number of aromatic amines is 1. The van der Waals surface area contributed by atoms with Crippen molar-refractivity contribution in [3.05, 3.63) is 119 Å². The maximum atomic E-state index is 15.4. The van der Waals surface area contributed by atoms with Crippen LogP contribution < -0.4 is 4.68 Å². The molecule has 0 unspecified atom stereocenters. The highest BCUT2D eigenvalue weighted by atomic mass is 35.5. The molecule has 0 fully saturated rings. The minimum absolute atomic E-state index is 0.0893. The van der Waals surface area contributed by atoms with Crippen LogP contribution in [0.2, 0.25) is 10.2 Å². The number of pyridine rings is 1. The van der Waals surface area contributed by atoms with E-state index in [1.54, 1.807) is 42.5 Å². The molecule has 6 rings (SSSR count). The third kappa shape index (κ3) is 5.15. The van der Waals surface area contributed by atoms with E-state index in [1.807, 2.05) is 6.07 Å². The molecular formula is C28H20Cl2F3N8O+. The van der Waals surface area contributed by atoms with Gasteiger partial charge in [-0.15, -0.1) is 4.68 Å². The number of halogens is 5. The molecule has 212 valence electrons. The SMILES string of the molecule is O[C@H](c1ccccc1)[C@H](c1ccc(-c2c(-[n+]3cc(Cl)n[nH]3)ccc(Cl)c2F)cn1)n1cc(-c2ccnn2C(F)F)cn1. The van der Waals surface area contributed by atoms with Gasteiger partial charge >= 0.3 is 11.7 Å². The first-order chi connectivity index (χ1) is 20.3. The van der Waals surface area contributed by atoms with E-state index >= 15 is 4.39 Å². The van der Waals surface area contributed by atoms with E-state index in [0.29, 0.717) is 32.8 Å². The Kier molecular flexibility index (Phi) is 7.50. The van der Waals surface area contributed by atoms with Gasteiger partial charge in [0.15, 0.2) is 17.7 Å². The van der Waals surface area contributed by atoms with Crippen molar-refractivity contribution in [3.63, 3.8) is 0 Å². The van der Waals surface area contributed by atoms with Gasteiger partial charge in [0, 0.05) is 29.7 Å². The number of alkyl halides is 2. The molecule has 14 heteroatoms. The van der Waals surface area contributed by atoms with E-state index < -0.39 is 24.5 Å². The van der Waals surface area contributed by atoms with E-state index in [-0.39, 0.29) is 21.4 Å². The van der Waals surface area contributed by atoms with E-state index in [2.05, 4.69) is 25.5 Å². The number of hydrogen-bond donors (Lipinski definition) is 2. The zero-order valence-corrected chi connectivity index (χ0v) is 22.9. The molecule has 0 saturated carbocycles. The number of aliphatic hydroxyl groups excluding tert-OH is 1. The second kappa shape index (κ2) is 11.4. The molecule has 42 heavy (non-hydrogen) atoms. The zero-order chi connectivity index (χ0) is 29.4. The van der Waals surface area contributed by atoms with Gasteiger partial charge in [0.05, 0.1) is 33.3 Å². The third-order valence-corrected chi connectivity index (χ3v) is 7.16. The maximum absolute atomic E-state index is 15.4.